The van der Waals surface area contributed by atoms with Gasteiger partial charge in [-0.05, 0) is 67.1 Å². The second-order valence-corrected chi connectivity index (χ2v) is 8.76. The number of benzene rings is 1. The molecule has 24 heavy (non-hydrogen) atoms. The molecule has 1 aromatic rings. The molecule has 0 aromatic heterocycles. The molecule has 2 aliphatic carbocycles. The molecule has 0 unspecified atom stereocenters. The molecule has 3 nitrogen and oxygen atoms in total. The molecule has 4 atom stereocenters. The van der Waals surface area contributed by atoms with E-state index >= 15 is 0 Å². The third-order valence-corrected chi connectivity index (χ3v) is 5.91. The van der Waals surface area contributed by atoms with Gasteiger partial charge in [-0.1, -0.05) is 39.3 Å². The number of amides is 1. The minimum Gasteiger partial charge on any atom is -0.484 e. The summed E-state index contributed by atoms with van der Waals surface area (Å²) in [6, 6.07) is 8.32. The zero-order valence-corrected chi connectivity index (χ0v) is 15.5. The van der Waals surface area contributed by atoms with Crippen LogP contribution in [0, 0.1) is 17.8 Å². The maximum Gasteiger partial charge on any atom is 0.258 e. The lowest BCUT2D eigenvalue weighted by Gasteiger charge is -2.28. The summed E-state index contributed by atoms with van der Waals surface area (Å²) in [6.45, 7) is 8.82. The predicted octanol–water partition coefficient (Wildman–Crippen LogP) is 4.30. The summed E-state index contributed by atoms with van der Waals surface area (Å²) in [4.78, 5) is 12.2. The summed E-state index contributed by atoms with van der Waals surface area (Å²) in [5.41, 5.74) is 1.40. The topological polar surface area (TPSA) is 38.3 Å². The van der Waals surface area contributed by atoms with Crippen molar-refractivity contribution in [3.63, 3.8) is 0 Å². The Bertz CT molecular complexity index is 572. The van der Waals surface area contributed by atoms with Crippen LogP contribution < -0.4 is 10.1 Å². The Hall–Kier alpha value is -1.51. The highest BCUT2D eigenvalue weighted by Gasteiger charge is 2.42. The van der Waals surface area contributed by atoms with Crippen molar-refractivity contribution in [1.29, 1.82) is 0 Å². The molecule has 3 heteroatoms. The van der Waals surface area contributed by atoms with E-state index < -0.39 is 0 Å². The van der Waals surface area contributed by atoms with Crippen LogP contribution >= 0.6 is 0 Å². The minimum atomic E-state index is -0.00910. The molecule has 1 N–H and O–H groups in total. The highest BCUT2D eigenvalue weighted by molar-refractivity contribution is 5.77. The number of hydrogen-bond acceptors (Lipinski definition) is 2. The first-order valence-electron chi connectivity index (χ1n) is 9.35. The van der Waals surface area contributed by atoms with Gasteiger partial charge in [0, 0.05) is 6.04 Å². The Kier molecular flexibility index (Phi) is 4.89. The van der Waals surface area contributed by atoms with E-state index in [1.165, 1.54) is 31.2 Å². The lowest BCUT2D eigenvalue weighted by Crippen LogP contribution is -2.42. The molecule has 0 heterocycles. The Morgan fingerprint density at radius 1 is 1.21 bits per heavy atom. The van der Waals surface area contributed by atoms with Gasteiger partial charge in [-0.25, -0.2) is 0 Å². The van der Waals surface area contributed by atoms with Crippen molar-refractivity contribution >= 4 is 5.91 Å². The fourth-order valence-electron chi connectivity index (χ4n) is 4.51. The van der Waals surface area contributed by atoms with E-state index in [0.717, 1.165) is 17.6 Å². The molecule has 0 aliphatic heterocycles. The molecule has 1 aromatic carbocycles. The van der Waals surface area contributed by atoms with E-state index in [2.05, 4.69) is 45.1 Å². The maximum atomic E-state index is 12.2. The summed E-state index contributed by atoms with van der Waals surface area (Å²) < 4.78 is 5.65. The van der Waals surface area contributed by atoms with Crippen molar-refractivity contribution in [2.24, 2.45) is 17.8 Å². The molecule has 0 spiro atoms. The fraction of sp³-hybridized carbons (Fsp3) is 0.667. The number of rotatable bonds is 5. The zero-order chi connectivity index (χ0) is 17.3. The van der Waals surface area contributed by atoms with Gasteiger partial charge >= 0.3 is 0 Å². The van der Waals surface area contributed by atoms with Crippen molar-refractivity contribution in [3.8, 4) is 5.75 Å². The van der Waals surface area contributed by atoms with Crippen LogP contribution in [-0.2, 0) is 10.2 Å². The van der Waals surface area contributed by atoms with Crippen molar-refractivity contribution in [2.75, 3.05) is 6.61 Å². The van der Waals surface area contributed by atoms with Crippen LogP contribution in [0.1, 0.15) is 58.9 Å². The van der Waals surface area contributed by atoms with Crippen molar-refractivity contribution < 1.29 is 9.53 Å². The second kappa shape index (κ2) is 6.78. The molecular weight excluding hydrogens is 298 g/mol. The van der Waals surface area contributed by atoms with Gasteiger partial charge in [0.05, 0.1) is 0 Å². The average molecular weight is 329 g/mol. The summed E-state index contributed by atoms with van der Waals surface area (Å²) >= 11 is 0. The van der Waals surface area contributed by atoms with Gasteiger partial charge in [0.1, 0.15) is 5.75 Å². The third-order valence-electron chi connectivity index (χ3n) is 5.91. The first kappa shape index (κ1) is 17.3. The van der Waals surface area contributed by atoms with Crippen LogP contribution in [0.15, 0.2) is 24.3 Å². The lowest BCUT2D eigenvalue weighted by atomic mass is 9.84. The fourth-order valence-corrected chi connectivity index (χ4v) is 4.51. The first-order valence-corrected chi connectivity index (χ1v) is 9.35. The Morgan fingerprint density at radius 2 is 1.92 bits per heavy atom. The first-order chi connectivity index (χ1) is 11.3. The van der Waals surface area contributed by atoms with Crippen LogP contribution in [0.25, 0.3) is 0 Å². The molecule has 2 bridgehead atoms. The molecule has 3 rings (SSSR count). The lowest BCUT2D eigenvalue weighted by molar-refractivity contribution is -0.124. The van der Waals surface area contributed by atoms with Gasteiger partial charge in [0.15, 0.2) is 6.61 Å². The third kappa shape index (κ3) is 3.93. The van der Waals surface area contributed by atoms with E-state index in [9.17, 15) is 4.79 Å². The van der Waals surface area contributed by atoms with Gasteiger partial charge < -0.3 is 10.1 Å². The Labute approximate surface area is 146 Å². The number of nitrogens with one attached hydrogen (secondary N) is 1. The summed E-state index contributed by atoms with van der Waals surface area (Å²) in [7, 11) is 0. The van der Waals surface area contributed by atoms with E-state index in [1.807, 2.05) is 12.1 Å². The normalized spacial score (nSPS) is 27.1. The van der Waals surface area contributed by atoms with Crippen LogP contribution in [0.4, 0.5) is 0 Å². The Balaban J connectivity index is 1.45. The van der Waals surface area contributed by atoms with Crippen LogP contribution in [0.2, 0.25) is 0 Å². The smallest absolute Gasteiger partial charge is 0.258 e. The van der Waals surface area contributed by atoms with Crippen molar-refractivity contribution in [1.82, 2.24) is 5.32 Å². The highest BCUT2D eigenvalue weighted by Crippen LogP contribution is 2.49. The summed E-state index contributed by atoms with van der Waals surface area (Å²) in [5.74, 6) is 3.16. The zero-order valence-electron chi connectivity index (χ0n) is 15.5. The second-order valence-electron chi connectivity index (χ2n) is 8.76. The number of carbonyl (C=O) groups is 1. The predicted molar refractivity (Wildman–Crippen MR) is 97.2 cm³/mol. The van der Waals surface area contributed by atoms with Gasteiger partial charge in [0.25, 0.3) is 5.91 Å². The molecule has 2 aliphatic rings. The van der Waals surface area contributed by atoms with Crippen LogP contribution in [-0.4, -0.2) is 18.6 Å². The van der Waals surface area contributed by atoms with Gasteiger partial charge in [0.2, 0.25) is 0 Å². The number of ether oxygens (including phenoxy) is 1. The van der Waals surface area contributed by atoms with Gasteiger partial charge in [-0.3, -0.25) is 4.79 Å². The molecule has 2 saturated carbocycles. The van der Waals surface area contributed by atoms with Crippen LogP contribution in [0.5, 0.6) is 5.75 Å². The van der Waals surface area contributed by atoms with Crippen molar-refractivity contribution in [3.05, 3.63) is 29.8 Å². The molecular formula is C21H31NO2. The minimum absolute atomic E-state index is 0.00910. The Morgan fingerprint density at radius 3 is 2.46 bits per heavy atom. The van der Waals surface area contributed by atoms with Gasteiger partial charge in [-0.2, -0.15) is 0 Å². The standard InChI is InChI=1S/C21H31NO2/c1-14(19-12-15-5-6-16(19)11-15)22-20(23)13-24-18-9-7-17(8-10-18)21(2,3)4/h7-10,14-16,19H,5-6,11-13H2,1-4H3,(H,22,23)/t14-,15-,16-,19-/m0/s1. The number of carbonyl (C=O) groups excluding carboxylic acids is 1. The molecule has 2 fully saturated rings. The van der Waals surface area contributed by atoms with E-state index in [1.54, 1.807) is 0 Å². The maximum absolute atomic E-state index is 12.2. The average Bonchev–Trinajstić information content (AvgIpc) is 3.15. The molecule has 132 valence electrons. The van der Waals surface area contributed by atoms with Crippen LogP contribution in [0.3, 0.4) is 0 Å². The van der Waals surface area contributed by atoms with E-state index in [0.29, 0.717) is 5.92 Å². The quantitative estimate of drug-likeness (QED) is 0.874. The molecule has 0 saturated heterocycles. The monoisotopic (exact) mass is 329 g/mol. The number of hydrogen-bond donors (Lipinski definition) is 1. The van der Waals surface area contributed by atoms with Gasteiger partial charge in [-0.15, -0.1) is 0 Å². The van der Waals surface area contributed by atoms with E-state index in [-0.39, 0.29) is 24.0 Å². The van der Waals surface area contributed by atoms with Crippen molar-refractivity contribution in [2.45, 2.75) is 64.8 Å². The molecule has 1 amide bonds. The largest absolute Gasteiger partial charge is 0.484 e. The summed E-state index contributed by atoms with van der Waals surface area (Å²) in [6.07, 6.45) is 5.42. The highest BCUT2D eigenvalue weighted by atomic mass is 16.5. The molecule has 0 radical (unpaired) electrons. The number of fused-ring (bicyclic) bond motifs is 2. The summed E-state index contributed by atoms with van der Waals surface area (Å²) in [5, 5.41) is 3.15. The SMILES string of the molecule is C[C@H](NC(=O)COc1ccc(C(C)(C)C)cc1)[C@@H]1C[C@H]2CC[C@H]1C2. The van der Waals surface area contributed by atoms with E-state index in [4.69, 9.17) is 4.74 Å².